The second-order valence-corrected chi connectivity index (χ2v) is 8.31. The van der Waals surface area contributed by atoms with E-state index in [4.69, 9.17) is 9.47 Å². The monoisotopic (exact) mass is 422 g/mol. The molecule has 1 aliphatic rings. The fourth-order valence-corrected chi connectivity index (χ4v) is 4.08. The molecular weight excluding hydrogens is 399 g/mol. The predicted molar refractivity (Wildman–Crippen MR) is 105 cm³/mol. The molecule has 29 heavy (non-hydrogen) atoms. The van der Waals surface area contributed by atoms with Crippen LogP contribution in [0, 0.1) is 5.82 Å². The number of carbonyl (C=O) groups excluding carboxylic acids is 1. The fourth-order valence-electron chi connectivity index (χ4n) is 3.02. The lowest BCUT2D eigenvalue weighted by Gasteiger charge is -2.27. The Morgan fingerprint density at radius 1 is 1.17 bits per heavy atom. The van der Waals surface area contributed by atoms with Gasteiger partial charge in [-0.15, -0.1) is 0 Å². The zero-order valence-corrected chi connectivity index (χ0v) is 16.9. The highest BCUT2D eigenvalue weighted by molar-refractivity contribution is 7.89. The minimum atomic E-state index is -3.83. The van der Waals surface area contributed by atoms with Gasteiger partial charge in [0.2, 0.25) is 10.0 Å². The number of amides is 1. The Balaban J connectivity index is 1.74. The van der Waals surface area contributed by atoms with Gasteiger partial charge in [0.15, 0.2) is 0 Å². The average Bonchev–Trinajstić information content (AvgIpc) is 2.74. The average molecular weight is 422 g/mol. The summed E-state index contributed by atoms with van der Waals surface area (Å²) in [6.07, 6.45) is 0.412. The van der Waals surface area contributed by atoms with Crippen LogP contribution in [-0.2, 0) is 21.2 Å². The molecule has 1 fully saturated rings. The second kappa shape index (κ2) is 9.34. The third kappa shape index (κ3) is 5.31. The summed E-state index contributed by atoms with van der Waals surface area (Å²) in [7, 11) is -2.39. The first-order valence-corrected chi connectivity index (χ1v) is 10.7. The Labute approximate surface area is 169 Å². The van der Waals surface area contributed by atoms with E-state index in [-0.39, 0.29) is 28.7 Å². The smallest absolute Gasteiger partial charge is 0.257 e. The molecule has 0 radical (unpaired) electrons. The van der Waals surface area contributed by atoms with Crippen LogP contribution in [0.1, 0.15) is 15.9 Å². The Kier molecular flexibility index (Phi) is 6.83. The number of rotatable bonds is 7. The highest BCUT2D eigenvalue weighted by Gasteiger charge is 2.24. The third-order valence-electron chi connectivity index (χ3n) is 4.63. The van der Waals surface area contributed by atoms with Crippen molar-refractivity contribution in [3.8, 4) is 5.75 Å². The minimum absolute atomic E-state index is 0.0194. The molecule has 7 nitrogen and oxygen atoms in total. The van der Waals surface area contributed by atoms with Crippen LogP contribution in [0.2, 0.25) is 0 Å². The molecule has 0 saturated carbocycles. The van der Waals surface area contributed by atoms with Crippen LogP contribution in [0.5, 0.6) is 5.75 Å². The normalized spacial score (nSPS) is 14.6. The molecule has 1 saturated heterocycles. The second-order valence-electron chi connectivity index (χ2n) is 6.54. The van der Waals surface area contributed by atoms with Crippen LogP contribution >= 0.6 is 0 Å². The van der Waals surface area contributed by atoms with E-state index in [9.17, 15) is 17.6 Å². The van der Waals surface area contributed by atoms with Crippen molar-refractivity contribution in [3.05, 3.63) is 59.4 Å². The van der Waals surface area contributed by atoms with Crippen molar-refractivity contribution in [1.29, 1.82) is 0 Å². The molecule has 0 aliphatic carbocycles. The number of benzene rings is 2. The van der Waals surface area contributed by atoms with Gasteiger partial charge in [0.05, 0.1) is 30.8 Å². The SMILES string of the molecule is COc1ccc(S(=O)(=O)NCCc2ccc(F)cc2)cc1C(=O)N1CCOCC1. The van der Waals surface area contributed by atoms with Crippen LogP contribution in [-0.4, -0.2) is 59.2 Å². The molecule has 2 aromatic rings. The van der Waals surface area contributed by atoms with E-state index in [0.717, 1.165) is 5.56 Å². The standard InChI is InChI=1S/C20H23FN2O5S/c1-27-19-7-6-17(14-18(19)20(24)23-10-12-28-13-11-23)29(25,26)22-9-8-15-2-4-16(21)5-3-15/h2-7,14,22H,8-13H2,1H3. The molecule has 156 valence electrons. The van der Waals surface area contributed by atoms with Crippen LogP contribution in [0.3, 0.4) is 0 Å². The predicted octanol–water partition coefficient (Wildman–Crippen LogP) is 1.83. The number of carbonyl (C=O) groups is 1. The van der Waals surface area contributed by atoms with Gasteiger partial charge in [-0.25, -0.2) is 17.5 Å². The van der Waals surface area contributed by atoms with E-state index in [1.54, 1.807) is 17.0 Å². The number of morpholine rings is 1. The number of nitrogens with one attached hydrogen (secondary N) is 1. The lowest BCUT2D eigenvalue weighted by atomic mass is 10.1. The molecule has 0 unspecified atom stereocenters. The fraction of sp³-hybridized carbons (Fsp3) is 0.350. The molecular formula is C20H23FN2O5S. The first-order valence-electron chi connectivity index (χ1n) is 9.20. The number of hydrogen-bond acceptors (Lipinski definition) is 5. The third-order valence-corrected chi connectivity index (χ3v) is 6.09. The van der Waals surface area contributed by atoms with Crippen molar-refractivity contribution >= 4 is 15.9 Å². The highest BCUT2D eigenvalue weighted by atomic mass is 32.2. The van der Waals surface area contributed by atoms with Gasteiger partial charge >= 0.3 is 0 Å². The highest BCUT2D eigenvalue weighted by Crippen LogP contribution is 2.24. The largest absolute Gasteiger partial charge is 0.496 e. The molecule has 0 spiro atoms. The van der Waals surface area contributed by atoms with Crippen molar-refractivity contribution in [2.75, 3.05) is 40.0 Å². The summed E-state index contributed by atoms with van der Waals surface area (Å²) >= 11 is 0. The van der Waals surface area contributed by atoms with Crippen LogP contribution in [0.25, 0.3) is 0 Å². The van der Waals surface area contributed by atoms with Crippen molar-refractivity contribution in [3.63, 3.8) is 0 Å². The molecule has 1 heterocycles. The lowest BCUT2D eigenvalue weighted by Crippen LogP contribution is -2.40. The molecule has 1 N–H and O–H groups in total. The molecule has 0 bridgehead atoms. The summed E-state index contributed by atoms with van der Waals surface area (Å²) in [4.78, 5) is 14.4. The number of ether oxygens (including phenoxy) is 2. The zero-order valence-electron chi connectivity index (χ0n) is 16.1. The maximum Gasteiger partial charge on any atom is 0.257 e. The van der Waals surface area contributed by atoms with E-state index in [0.29, 0.717) is 38.5 Å². The van der Waals surface area contributed by atoms with Gasteiger partial charge in [-0.2, -0.15) is 0 Å². The maximum absolute atomic E-state index is 13.0. The maximum atomic E-state index is 13.0. The molecule has 3 rings (SSSR count). The number of sulfonamides is 1. The number of methoxy groups -OCH3 is 1. The van der Waals surface area contributed by atoms with Gasteiger partial charge in [-0.3, -0.25) is 4.79 Å². The summed E-state index contributed by atoms with van der Waals surface area (Å²) < 4.78 is 51.3. The van der Waals surface area contributed by atoms with Gasteiger partial charge in [0.25, 0.3) is 5.91 Å². The summed E-state index contributed by atoms with van der Waals surface area (Å²) in [5, 5.41) is 0. The minimum Gasteiger partial charge on any atom is -0.496 e. The van der Waals surface area contributed by atoms with E-state index in [1.165, 1.54) is 37.4 Å². The van der Waals surface area contributed by atoms with Gasteiger partial charge in [0.1, 0.15) is 11.6 Å². The molecule has 0 aromatic heterocycles. The van der Waals surface area contributed by atoms with Gasteiger partial charge in [-0.05, 0) is 42.3 Å². The zero-order chi connectivity index (χ0) is 20.9. The molecule has 1 aliphatic heterocycles. The van der Waals surface area contributed by atoms with Crippen molar-refractivity contribution in [2.24, 2.45) is 0 Å². The summed E-state index contributed by atoms with van der Waals surface area (Å²) in [5.41, 5.74) is 1.00. The Hall–Kier alpha value is -2.49. The summed E-state index contributed by atoms with van der Waals surface area (Å²) in [6.45, 7) is 1.91. The summed E-state index contributed by atoms with van der Waals surface area (Å²) in [5.74, 6) is -0.328. The van der Waals surface area contributed by atoms with Gasteiger partial charge < -0.3 is 14.4 Å². The first kappa shape index (κ1) is 21.2. The van der Waals surface area contributed by atoms with E-state index in [1.807, 2.05) is 0 Å². The van der Waals surface area contributed by atoms with E-state index < -0.39 is 10.0 Å². The Morgan fingerprint density at radius 2 is 1.86 bits per heavy atom. The quantitative estimate of drug-likeness (QED) is 0.736. The topological polar surface area (TPSA) is 84.9 Å². The molecule has 1 amide bonds. The van der Waals surface area contributed by atoms with Crippen LogP contribution < -0.4 is 9.46 Å². The number of halogens is 1. The van der Waals surface area contributed by atoms with Gasteiger partial charge in [0, 0.05) is 19.6 Å². The Bertz CT molecular complexity index is 957. The first-order chi connectivity index (χ1) is 13.9. The van der Waals surface area contributed by atoms with E-state index >= 15 is 0 Å². The van der Waals surface area contributed by atoms with Gasteiger partial charge in [-0.1, -0.05) is 12.1 Å². The molecule has 9 heteroatoms. The summed E-state index contributed by atoms with van der Waals surface area (Å²) in [6, 6.07) is 10.1. The Morgan fingerprint density at radius 3 is 2.52 bits per heavy atom. The number of nitrogens with zero attached hydrogens (tertiary/aromatic N) is 1. The molecule has 0 atom stereocenters. The van der Waals surface area contributed by atoms with Crippen LogP contribution in [0.15, 0.2) is 47.4 Å². The van der Waals surface area contributed by atoms with E-state index in [2.05, 4.69) is 4.72 Å². The number of hydrogen-bond donors (Lipinski definition) is 1. The van der Waals surface area contributed by atoms with Crippen molar-refractivity contribution in [1.82, 2.24) is 9.62 Å². The van der Waals surface area contributed by atoms with Crippen molar-refractivity contribution in [2.45, 2.75) is 11.3 Å². The lowest BCUT2D eigenvalue weighted by molar-refractivity contribution is 0.0300. The molecule has 2 aromatic carbocycles. The van der Waals surface area contributed by atoms with Crippen LogP contribution in [0.4, 0.5) is 4.39 Å². The van der Waals surface area contributed by atoms with Crippen molar-refractivity contribution < 1.29 is 27.1 Å².